The molecule has 0 saturated heterocycles. The van der Waals surface area contributed by atoms with Gasteiger partial charge in [-0.2, -0.15) is 5.26 Å². The van der Waals surface area contributed by atoms with E-state index < -0.39 is 34.2 Å². The first-order chi connectivity index (χ1) is 17.4. The van der Waals surface area contributed by atoms with Gasteiger partial charge in [0.05, 0.1) is 22.1 Å². The van der Waals surface area contributed by atoms with Crippen LogP contribution in [0.15, 0.2) is 59.5 Å². The van der Waals surface area contributed by atoms with E-state index in [-0.39, 0.29) is 21.8 Å². The van der Waals surface area contributed by atoms with Gasteiger partial charge in [-0.1, -0.05) is 11.6 Å². The van der Waals surface area contributed by atoms with Gasteiger partial charge in [0, 0.05) is 23.2 Å². The molecule has 37 heavy (non-hydrogen) atoms. The van der Waals surface area contributed by atoms with Gasteiger partial charge in [-0.3, -0.25) is 14.4 Å². The fourth-order valence-corrected chi connectivity index (χ4v) is 4.71. The Kier molecular flexibility index (Phi) is 8.32. The molecular weight excluding hydrogens is 518 g/mol. The lowest BCUT2D eigenvalue weighted by Gasteiger charge is -2.13. The number of carbonyl (C=O) groups excluding carboxylic acids is 3. The zero-order valence-electron chi connectivity index (χ0n) is 20.1. The van der Waals surface area contributed by atoms with E-state index in [4.69, 9.17) is 16.3 Å². The summed E-state index contributed by atoms with van der Waals surface area (Å²) in [5.41, 5.74) is 2.24. The molecule has 3 rings (SSSR count). The highest BCUT2D eigenvalue weighted by Gasteiger charge is 2.19. The number of aryl methyl sites for hydroxylation is 2. The van der Waals surface area contributed by atoms with Gasteiger partial charge in [-0.15, -0.1) is 0 Å². The molecule has 0 aliphatic heterocycles. The number of nitrogens with zero attached hydrogens (tertiary/aromatic N) is 1. The third-order valence-electron chi connectivity index (χ3n) is 5.07. The van der Waals surface area contributed by atoms with E-state index in [9.17, 15) is 28.1 Å². The minimum Gasteiger partial charge on any atom is -0.483 e. The van der Waals surface area contributed by atoms with Gasteiger partial charge >= 0.3 is 0 Å². The Balaban J connectivity index is 1.76. The van der Waals surface area contributed by atoms with Crippen LogP contribution < -0.4 is 14.8 Å². The second kappa shape index (κ2) is 11.2. The normalized spacial score (nSPS) is 10.8. The molecule has 190 valence electrons. The number of sulfonamides is 1. The van der Waals surface area contributed by atoms with Crippen molar-refractivity contribution in [1.82, 2.24) is 4.72 Å². The molecule has 0 atom stereocenters. The second-order valence-corrected chi connectivity index (χ2v) is 10.3. The number of carbonyl (C=O) groups is 3. The first-order valence-corrected chi connectivity index (χ1v) is 12.7. The number of nitrogens with one attached hydrogen (secondary N) is 2. The molecule has 0 aliphatic carbocycles. The van der Waals surface area contributed by atoms with Crippen LogP contribution in [0.4, 0.5) is 5.69 Å². The van der Waals surface area contributed by atoms with Crippen LogP contribution in [0.3, 0.4) is 0 Å². The first-order valence-electron chi connectivity index (χ1n) is 10.8. The van der Waals surface area contributed by atoms with E-state index in [1.807, 2.05) is 10.8 Å². The van der Waals surface area contributed by atoms with Gasteiger partial charge in [0.25, 0.3) is 15.9 Å². The Hall–Kier alpha value is -4.20. The zero-order valence-corrected chi connectivity index (χ0v) is 21.7. The molecule has 2 amide bonds. The minimum absolute atomic E-state index is 0.123. The van der Waals surface area contributed by atoms with Crippen LogP contribution in [0.2, 0.25) is 5.02 Å². The van der Waals surface area contributed by atoms with Crippen LogP contribution in [-0.4, -0.2) is 32.6 Å². The Morgan fingerprint density at radius 3 is 2.41 bits per heavy atom. The van der Waals surface area contributed by atoms with Crippen molar-refractivity contribution in [2.45, 2.75) is 25.7 Å². The van der Waals surface area contributed by atoms with Gasteiger partial charge in [-0.25, -0.2) is 13.1 Å². The third kappa shape index (κ3) is 6.94. The van der Waals surface area contributed by atoms with Crippen molar-refractivity contribution < 1.29 is 27.5 Å². The maximum atomic E-state index is 13.2. The third-order valence-corrected chi connectivity index (χ3v) is 6.74. The predicted molar refractivity (Wildman–Crippen MR) is 137 cm³/mol. The highest BCUT2D eigenvalue weighted by atomic mass is 35.5. The van der Waals surface area contributed by atoms with Crippen LogP contribution in [-0.2, 0) is 19.6 Å². The number of hydrogen-bond acceptors (Lipinski definition) is 7. The number of benzene rings is 3. The molecule has 9 nitrogen and oxygen atoms in total. The number of hydrogen-bond donors (Lipinski definition) is 2. The molecule has 0 saturated carbocycles. The van der Waals surface area contributed by atoms with E-state index in [0.29, 0.717) is 21.8 Å². The van der Waals surface area contributed by atoms with E-state index in [1.54, 1.807) is 26.0 Å². The fraction of sp³-hybridized carbons (Fsp3) is 0.154. The Labute approximate surface area is 219 Å². The highest BCUT2D eigenvalue weighted by molar-refractivity contribution is 7.90. The van der Waals surface area contributed by atoms with E-state index in [1.165, 1.54) is 42.5 Å². The molecule has 0 fully saturated rings. The van der Waals surface area contributed by atoms with Gasteiger partial charge in [0.2, 0.25) is 5.91 Å². The summed E-state index contributed by atoms with van der Waals surface area (Å²) in [5.74, 6) is -1.58. The Morgan fingerprint density at radius 2 is 1.76 bits per heavy atom. The molecule has 11 heteroatoms. The van der Waals surface area contributed by atoms with E-state index in [2.05, 4.69) is 5.32 Å². The van der Waals surface area contributed by atoms with Gasteiger partial charge in [0.15, 0.2) is 12.4 Å². The van der Waals surface area contributed by atoms with Crippen molar-refractivity contribution in [3.63, 3.8) is 0 Å². The van der Waals surface area contributed by atoms with E-state index >= 15 is 0 Å². The van der Waals surface area contributed by atoms with Crippen molar-refractivity contribution in [2.24, 2.45) is 0 Å². The lowest BCUT2D eigenvalue weighted by atomic mass is 9.98. The molecule has 3 aromatic carbocycles. The maximum Gasteiger partial charge on any atom is 0.264 e. The molecule has 0 aromatic heterocycles. The lowest BCUT2D eigenvalue weighted by Crippen LogP contribution is -2.28. The largest absolute Gasteiger partial charge is 0.483 e. The minimum atomic E-state index is -4.02. The average Bonchev–Trinajstić information content (AvgIpc) is 2.82. The molecular formula is C26H22ClN3O6S. The molecule has 0 bridgehead atoms. The predicted octanol–water partition coefficient (Wildman–Crippen LogP) is 3.90. The molecule has 3 aromatic rings. The quantitative estimate of drug-likeness (QED) is 0.413. The van der Waals surface area contributed by atoms with Crippen LogP contribution in [0, 0.1) is 25.2 Å². The summed E-state index contributed by atoms with van der Waals surface area (Å²) >= 11 is 6.09. The Morgan fingerprint density at radius 1 is 1.03 bits per heavy atom. The molecule has 0 aliphatic rings. The summed E-state index contributed by atoms with van der Waals surface area (Å²) < 4.78 is 31.8. The molecule has 0 unspecified atom stereocenters. The van der Waals surface area contributed by atoms with Crippen LogP contribution in [0.5, 0.6) is 5.75 Å². The SMILES string of the molecule is CC(=O)NS(=O)(=O)c1ccc(NC(=O)COc2ccc(Cl)cc2C(=O)c2cc(C)cc(C#N)c2)c(C)c1. The van der Waals surface area contributed by atoms with Gasteiger partial charge < -0.3 is 10.1 Å². The standard InChI is InChI=1S/C26H22ClN3O6S/c1-15-8-18(13-28)11-19(9-15)26(33)22-12-20(27)4-7-24(22)36-14-25(32)29-23-6-5-21(10-16(23)2)37(34,35)30-17(3)31/h4-12H,14H2,1-3H3,(H,29,32)(H,30,31). The monoisotopic (exact) mass is 539 g/mol. The number of halogens is 1. The number of anilines is 1. The van der Waals surface area contributed by atoms with E-state index in [0.717, 1.165) is 12.5 Å². The summed E-state index contributed by atoms with van der Waals surface area (Å²) in [6, 6.07) is 15.1. The zero-order chi connectivity index (χ0) is 27.3. The summed E-state index contributed by atoms with van der Waals surface area (Å²) in [5, 5.41) is 12.1. The second-order valence-electron chi connectivity index (χ2n) is 8.14. The summed E-state index contributed by atoms with van der Waals surface area (Å²) in [6.45, 7) is 3.99. The topological polar surface area (TPSA) is 142 Å². The maximum absolute atomic E-state index is 13.2. The Bertz CT molecular complexity index is 1560. The number of nitriles is 1. The molecule has 2 N–H and O–H groups in total. The average molecular weight is 540 g/mol. The molecule has 0 heterocycles. The summed E-state index contributed by atoms with van der Waals surface area (Å²) in [7, 11) is -4.02. The van der Waals surface area contributed by atoms with Gasteiger partial charge in [-0.05, 0) is 79.6 Å². The van der Waals surface area contributed by atoms with Crippen molar-refractivity contribution in [3.05, 3.63) is 87.4 Å². The summed E-state index contributed by atoms with van der Waals surface area (Å²) in [6.07, 6.45) is 0. The van der Waals surface area contributed by atoms with Crippen LogP contribution >= 0.6 is 11.6 Å². The molecule has 0 spiro atoms. The number of amides is 2. The van der Waals surface area contributed by atoms with Crippen molar-refractivity contribution in [2.75, 3.05) is 11.9 Å². The molecule has 0 radical (unpaired) electrons. The number of ketones is 1. The van der Waals surface area contributed by atoms with Gasteiger partial charge in [0.1, 0.15) is 5.75 Å². The van der Waals surface area contributed by atoms with Crippen LogP contribution in [0.1, 0.15) is 39.5 Å². The fourth-order valence-electron chi connectivity index (χ4n) is 3.46. The highest BCUT2D eigenvalue weighted by Crippen LogP contribution is 2.27. The lowest BCUT2D eigenvalue weighted by molar-refractivity contribution is -0.118. The van der Waals surface area contributed by atoms with Crippen molar-refractivity contribution >= 4 is 44.9 Å². The van der Waals surface area contributed by atoms with Crippen molar-refractivity contribution in [3.8, 4) is 11.8 Å². The van der Waals surface area contributed by atoms with Crippen LogP contribution in [0.25, 0.3) is 0 Å². The first kappa shape index (κ1) is 27.4. The summed E-state index contributed by atoms with van der Waals surface area (Å²) in [4.78, 5) is 36.7. The number of rotatable bonds is 8. The smallest absolute Gasteiger partial charge is 0.264 e. The van der Waals surface area contributed by atoms with Crippen molar-refractivity contribution in [1.29, 1.82) is 5.26 Å². The number of ether oxygens (including phenoxy) is 1.